The lowest BCUT2D eigenvalue weighted by molar-refractivity contribution is 0.0518. The summed E-state index contributed by atoms with van der Waals surface area (Å²) in [6.07, 6.45) is 0. The van der Waals surface area contributed by atoms with Gasteiger partial charge in [0.25, 0.3) is 0 Å². The Morgan fingerprint density at radius 1 is 1.20 bits per heavy atom. The van der Waals surface area contributed by atoms with E-state index >= 15 is 8.78 Å². The molecule has 0 bridgehead atoms. The van der Waals surface area contributed by atoms with Crippen LogP contribution in [0.3, 0.4) is 0 Å². The molecule has 3 aromatic rings. The molecule has 0 amide bonds. The average Bonchev–Trinajstić information content (AvgIpc) is 2.81. The molecule has 3 heterocycles. The highest BCUT2D eigenvalue weighted by molar-refractivity contribution is 14.1. The van der Waals surface area contributed by atoms with E-state index in [1.54, 1.807) is 34.4 Å². The molecule has 2 aliphatic heterocycles. The van der Waals surface area contributed by atoms with Crippen LogP contribution in [0.2, 0.25) is 0 Å². The van der Waals surface area contributed by atoms with Gasteiger partial charge >= 0.3 is 5.97 Å². The van der Waals surface area contributed by atoms with Crippen LogP contribution in [-0.4, -0.2) is 43.3 Å². The number of nitrogens with one attached hydrogen (secondary N) is 1. The summed E-state index contributed by atoms with van der Waals surface area (Å²) in [6.45, 7) is 3.28. The van der Waals surface area contributed by atoms with Crippen molar-refractivity contribution < 1.29 is 27.1 Å². The van der Waals surface area contributed by atoms with Crippen molar-refractivity contribution >= 4 is 56.9 Å². The molecule has 1 unspecified atom stereocenters. The largest absolute Gasteiger partial charge is 0.462 e. The molecule has 0 radical (unpaired) electrons. The lowest BCUT2D eigenvalue weighted by atomic mass is 10.1. The van der Waals surface area contributed by atoms with Crippen molar-refractivity contribution in [1.29, 1.82) is 0 Å². The van der Waals surface area contributed by atoms with Crippen LogP contribution in [0.5, 0.6) is 0 Å². The maximum absolute atomic E-state index is 16.1. The fourth-order valence-corrected chi connectivity index (χ4v) is 6.46. The minimum atomic E-state index is -0.971. The number of piperazine rings is 1. The van der Waals surface area contributed by atoms with Crippen LogP contribution in [0.15, 0.2) is 28.0 Å². The van der Waals surface area contributed by atoms with Gasteiger partial charge in [-0.15, -0.1) is 0 Å². The van der Waals surface area contributed by atoms with E-state index in [1.807, 2.05) is 0 Å². The van der Waals surface area contributed by atoms with Crippen molar-refractivity contribution in [1.82, 2.24) is 9.88 Å². The number of esters is 1. The van der Waals surface area contributed by atoms with Crippen molar-refractivity contribution in [2.75, 3.05) is 37.7 Å². The Morgan fingerprint density at radius 3 is 2.57 bits per heavy atom. The number of rotatable bonds is 4. The first-order valence-electron chi connectivity index (χ1n) is 10.8. The highest BCUT2D eigenvalue weighted by atomic mass is 127. The van der Waals surface area contributed by atoms with Gasteiger partial charge in [-0.1, -0.05) is 17.8 Å². The van der Waals surface area contributed by atoms with Crippen molar-refractivity contribution in [3.05, 3.63) is 66.4 Å². The number of pyridine rings is 1. The number of benzene rings is 2. The summed E-state index contributed by atoms with van der Waals surface area (Å²) in [5, 5.41) is 1.97. The number of carbonyl (C=O) groups excluding carboxylic acids is 1. The number of ether oxygens (including phenoxy) is 1. The zero-order valence-electron chi connectivity index (χ0n) is 18.3. The number of hydrogen-bond donors (Lipinski definition) is 1. The average molecular weight is 619 g/mol. The molecule has 0 spiro atoms. The second-order valence-electron chi connectivity index (χ2n) is 7.99. The monoisotopic (exact) mass is 619 g/mol. The molecule has 5 rings (SSSR count). The lowest BCUT2D eigenvalue weighted by Gasteiger charge is -2.37. The van der Waals surface area contributed by atoms with Gasteiger partial charge in [-0.2, -0.15) is 0 Å². The Morgan fingerprint density at radius 2 is 1.91 bits per heavy atom. The van der Waals surface area contributed by atoms with Gasteiger partial charge in [0.15, 0.2) is 11.6 Å². The van der Waals surface area contributed by atoms with Crippen LogP contribution in [0.4, 0.5) is 23.2 Å². The molecule has 1 aromatic heterocycles. The number of aromatic nitrogens is 1. The summed E-state index contributed by atoms with van der Waals surface area (Å²) < 4.78 is 66.1. The third kappa shape index (κ3) is 3.80. The molecule has 12 heteroatoms. The Bertz CT molecular complexity index is 1440. The van der Waals surface area contributed by atoms with E-state index in [1.165, 1.54) is 10.6 Å². The lowest BCUT2D eigenvalue weighted by Crippen LogP contribution is -2.44. The van der Waals surface area contributed by atoms with Gasteiger partial charge in [-0.05, 0) is 35.6 Å². The number of thioether (sulfide) groups is 1. The first-order valence-corrected chi connectivity index (χ1v) is 12.7. The summed E-state index contributed by atoms with van der Waals surface area (Å²) >= 11 is 2.59. The van der Waals surface area contributed by atoms with Crippen LogP contribution in [0.25, 0.3) is 10.9 Å². The zero-order chi connectivity index (χ0) is 25.0. The molecule has 1 fully saturated rings. The first kappa shape index (κ1) is 24.4. The molecule has 1 atom stereocenters. The number of fused-ring (bicyclic) bond motifs is 3. The van der Waals surface area contributed by atoms with E-state index in [0.29, 0.717) is 32.2 Å². The maximum atomic E-state index is 16.1. The van der Waals surface area contributed by atoms with Gasteiger partial charge in [0, 0.05) is 37.8 Å². The molecule has 0 saturated carbocycles. The normalized spacial score (nSPS) is 17.3. The van der Waals surface area contributed by atoms with E-state index in [4.69, 9.17) is 4.74 Å². The Balaban J connectivity index is 1.85. The maximum Gasteiger partial charge on any atom is 0.344 e. The highest BCUT2D eigenvalue weighted by Gasteiger charge is 2.41. The van der Waals surface area contributed by atoms with Crippen LogP contribution < -0.4 is 15.6 Å². The Kier molecular flexibility index (Phi) is 6.46. The number of anilines is 1. The molecule has 2 aliphatic rings. The highest BCUT2D eigenvalue weighted by Crippen LogP contribution is 2.52. The number of halogens is 5. The molecule has 0 aliphatic carbocycles. The fourth-order valence-electron chi connectivity index (χ4n) is 4.42. The predicted octanol–water partition coefficient (Wildman–Crippen LogP) is 4.40. The Labute approximate surface area is 214 Å². The van der Waals surface area contributed by atoms with Gasteiger partial charge in [0.2, 0.25) is 5.43 Å². The van der Waals surface area contributed by atoms with Crippen molar-refractivity contribution in [2.24, 2.45) is 0 Å². The molecule has 2 aromatic carbocycles. The van der Waals surface area contributed by atoms with E-state index in [-0.39, 0.29) is 42.9 Å². The predicted molar refractivity (Wildman–Crippen MR) is 132 cm³/mol. The topological polar surface area (TPSA) is 63.6 Å². The van der Waals surface area contributed by atoms with Crippen molar-refractivity contribution in [3.8, 4) is 0 Å². The molecule has 1 saturated heterocycles. The van der Waals surface area contributed by atoms with E-state index in [9.17, 15) is 18.4 Å². The number of nitrogens with zero attached hydrogens (tertiary/aromatic N) is 2. The molecule has 184 valence electrons. The SMILES string of the molecule is CCOC(=O)c1c2n(c3c(F)c(N4CCNCC4)c(F)c(I)c3c1=O)C(c1ccc(F)cc1F)S2. The second kappa shape index (κ2) is 9.28. The van der Waals surface area contributed by atoms with Gasteiger partial charge < -0.3 is 19.5 Å². The van der Waals surface area contributed by atoms with Gasteiger partial charge in [-0.25, -0.2) is 22.4 Å². The minimum Gasteiger partial charge on any atom is -0.462 e. The summed E-state index contributed by atoms with van der Waals surface area (Å²) in [6, 6.07) is 3.00. The van der Waals surface area contributed by atoms with Crippen LogP contribution in [-0.2, 0) is 4.74 Å². The van der Waals surface area contributed by atoms with Crippen molar-refractivity contribution in [2.45, 2.75) is 17.3 Å². The summed E-state index contributed by atoms with van der Waals surface area (Å²) in [7, 11) is 0. The van der Waals surface area contributed by atoms with Crippen LogP contribution >= 0.6 is 34.4 Å². The Hall–Kier alpha value is -2.32. The fraction of sp³-hybridized carbons (Fsp3) is 0.304. The van der Waals surface area contributed by atoms with Crippen molar-refractivity contribution in [3.63, 3.8) is 0 Å². The third-order valence-electron chi connectivity index (χ3n) is 6.00. The van der Waals surface area contributed by atoms with Crippen LogP contribution in [0.1, 0.15) is 28.2 Å². The van der Waals surface area contributed by atoms with E-state index in [0.717, 1.165) is 17.8 Å². The summed E-state index contributed by atoms with van der Waals surface area (Å²) in [5.74, 6) is -4.45. The second-order valence-corrected chi connectivity index (χ2v) is 10.1. The third-order valence-corrected chi connectivity index (χ3v) is 8.32. The molecule has 35 heavy (non-hydrogen) atoms. The zero-order valence-corrected chi connectivity index (χ0v) is 21.2. The minimum absolute atomic E-state index is 0.0157. The van der Waals surface area contributed by atoms with E-state index < -0.39 is 40.0 Å². The summed E-state index contributed by atoms with van der Waals surface area (Å²) in [4.78, 5) is 27.6. The molecular formula is C23H18F4IN3O3S. The first-order chi connectivity index (χ1) is 16.8. The number of carbonyl (C=O) groups is 1. The molecular weight excluding hydrogens is 601 g/mol. The summed E-state index contributed by atoms with van der Waals surface area (Å²) in [5.41, 5.74) is -1.70. The standard InChI is InChI=1S/C23H18F4IN3O3S/c1-2-34-23(33)14-20(32)13-17(28)15(26)19(30-7-5-29-6-8-30)16(27)18(13)31-21(35-22(14)31)11-4-3-10(24)9-12(11)25/h3-4,9,21,29H,2,5-8H2,1H3. The quantitative estimate of drug-likeness (QED) is 0.202. The van der Waals surface area contributed by atoms with Gasteiger partial charge in [-0.3, -0.25) is 4.79 Å². The van der Waals surface area contributed by atoms with Gasteiger partial charge in [0.05, 0.1) is 26.1 Å². The van der Waals surface area contributed by atoms with E-state index in [2.05, 4.69) is 5.32 Å². The number of hydrogen-bond acceptors (Lipinski definition) is 6. The molecule has 6 nitrogen and oxygen atoms in total. The van der Waals surface area contributed by atoms with Gasteiger partial charge in [0.1, 0.15) is 28.3 Å². The molecule has 1 N–H and O–H groups in total. The van der Waals surface area contributed by atoms with Crippen LogP contribution in [0, 0.1) is 26.8 Å². The smallest absolute Gasteiger partial charge is 0.344 e.